The summed E-state index contributed by atoms with van der Waals surface area (Å²) in [5.41, 5.74) is 6.61. The van der Waals surface area contributed by atoms with Crippen molar-refractivity contribution in [3.63, 3.8) is 0 Å². The number of aryl methyl sites for hydroxylation is 3. The molecule has 3 rings (SSSR count). The molecule has 0 unspecified atom stereocenters. The van der Waals surface area contributed by atoms with Crippen LogP contribution in [0.15, 0.2) is 36.4 Å². The molecule has 0 fully saturated rings. The number of fused-ring (bicyclic) bond motifs is 1. The summed E-state index contributed by atoms with van der Waals surface area (Å²) in [4.78, 5) is 4.86. The Morgan fingerprint density at radius 2 is 1.65 bits per heavy atom. The zero-order valence-electron chi connectivity index (χ0n) is 16.2. The molecule has 1 aromatic heterocycles. The van der Waals surface area contributed by atoms with E-state index >= 15 is 0 Å². The lowest BCUT2D eigenvalue weighted by atomic mass is 9.93. The Bertz CT molecular complexity index is 921. The predicted octanol–water partition coefficient (Wildman–Crippen LogP) is 7.05. The Labute approximate surface area is 161 Å². The maximum Gasteiger partial charge on any atom is 0.130 e. The smallest absolute Gasteiger partial charge is 0.130 e. The zero-order chi connectivity index (χ0) is 18.8. The van der Waals surface area contributed by atoms with Gasteiger partial charge >= 0.3 is 0 Å². The normalized spacial score (nSPS) is 11.3. The molecule has 3 heteroatoms. The largest absolute Gasteiger partial charge is 0.490 e. The fourth-order valence-corrected chi connectivity index (χ4v) is 3.94. The number of nitrogens with zero attached hydrogens (tertiary/aromatic N) is 1. The van der Waals surface area contributed by atoms with Gasteiger partial charge in [0.2, 0.25) is 0 Å². The van der Waals surface area contributed by atoms with Crippen molar-refractivity contribution >= 4 is 22.5 Å². The van der Waals surface area contributed by atoms with E-state index in [1.165, 1.54) is 5.56 Å². The monoisotopic (exact) mass is 367 g/mol. The molecule has 0 atom stereocenters. The van der Waals surface area contributed by atoms with E-state index in [9.17, 15) is 0 Å². The van der Waals surface area contributed by atoms with Crippen LogP contribution in [0.4, 0.5) is 0 Å². The predicted molar refractivity (Wildman–Crippen MR) is 111 cm³/mol. The number of hydrogen-bond donors (Lipinski definition) is 0. The van der Waals surface area contributed by atoms with Crippen LogP contribution >= 0.6 is 11.6 Å². The molecular weight excluding hydrogens is 342 g/mol. The van der Waals surface area contributed by atoms with Crippen LogP contribution < -0.4 is 4.74 Å². The van der Waals surface area contributed by atoms with Gasteiger partial charge in [-0.1, -0.05) is 37.6 Å². The van der Waals surface area contributed by atoms with Gasteiger partial charge in [0.25, 0.3) is 0 Å². The van der Waals surface area contributed by atoms with E-state index in [1.807, 2.05) is 25.1 Å². The van der Waals surface area contributed by atoms with Gasteiger partial charge in [-0.15, -0.1) is 0 Å². The first kappa shape index (κ1) is 18.7. The van der Waals surface area contributed by atoms with Crippen LogP contribution in [0.5, 0.6) is 5.75 Å². The fourth-order valence-electron chi connectivity index (χ4n) is 3.61. The molecule has 0 saturated heterocycles. The number of hydrogen-bond acceptors (Lipinski definition) is 2. The summed E-state index contributed by atoms with van der Waals surface area (Å²) in [5, 5.41) is 1.83. The molecule has 0 N–H and O–H groups in total. The van der Waals surface area contributed by atoms with Crippen molar-refractivity contribution in [1.82, 2.24) is 4.98 Å². The van der Waals surface area contributed by atoms with Crippen LogP contribution in [-0.2, 0) is 0 Å². The third kappa shape index (κ3) is 3.57. The lowest BCUT2D eigenvalue weighted by Gasteiger charge is -2.19. The number of pyridine rings is 1. The van der Waals surface area contributed by atoms with Crippen molar-refractivity contribution in [2.45, 2.75) is 53.6 Å². The summed E-state index contributed by atoms with van der Waals surface area (Å²) < 4.78 is 6.32. The minimum atomic E-state index is 0.225. The van der Waals surface area contributed by atoms with Crippen LogP contribution in [0.2, 0.25) is 5.02 Å². The summed E-state index contributed by atoms with van der Waals surface area (Å²) in [5.74, 6) is 0.923. The van der Waals surface area contributed by atoms with Crippen LogP contribution in [0.25, 0.3) is 22.0 Å². The molecule has 2 aromatic carbocycles. The molecule has 1 heterocycles. The van der Waals surface area contributed by atoms with Crippen LogP contribution in [0.3, 0.4) is 0 Å². The maximum atomic E-state index is 6.32. The third-order valence-corrected chi connectivity index (χ3v) is 5.12. The van der Waals surface area contributed by atoms with Gasteiger partial charge in [-0.05, 0) is 68.5 Å². The van der Waals surface area contributed by atoms with E-state index in [-0.39, 0.29) is 6.10 Å². The molecule has 26 heavy (non-hydrogen) atoms. The molecular formula is C23H26ClNO. The van der Waals surface area contributed by atoms with Crippen molar-refractivity contribution in [3.8, 4) is 16.9 Å². The van der Waals surface area contributed by atoms with Crippen molar-refractivity contribution in [2.75, 3.05) is 0 Å². The highest BCUT2D eigenvalue weighted by molar-refractivity contribution is 6.30. The number of halogens is 1. The number of para-hydroxylation sites is 1. The van der Waals surface area contributed by atoms with Crippen molar-refractivity contribution < 1.29 is 4.74 Å². The van der Waals surface area contributed by atoms with Gasteiger partial charge in [0.05, 0.1) is 11.6 Å². The Hall–Kier alpha value is -2.06. The molecule has 0 aliphatic carbocycles. The number of benzene rings is 2. The first-order valence-electron chi connectivity index (χ1n) is 9.28. The SMILES string of the molecule is CCC(CC)Oc1cc(C)nc2c(-c3c(C)cc(Cl)cc3C)cccc12. The first-order valence-corrected chi connectivity index (χ1v) is 9.66. The first-order chi connectivity index (χ1) is 12.4. The lowest BCUT2D eigenvalue weighted by Crippen LogP contribution is -2.14. The molecule has 3 aromatic rings. The second-order valence-corrected chi connectivity index (χ2v) is 7.37. The Balaban J connectivity index is 2.25. The maximum absolute atomic E-state index is 6.32. The van der Waals surface area contributed by atoms with Gasteiger partial charge in [0.1, 0.15) is 5.75 Å². The van der Waals surface area contributed by atoms with E-state index in [4.69, 9.17) is 21.3 Å². The Morgan fingerprint density at radius 1 is 1.00 bits per heavy atom. The molecule has 0 amide bonds. The average Bonchev–Trinajstić information content (AvgIpc) is 2.59. The second kappa shape index (κ2) is 7.67. The minimum Gasteiger partial charge on any atom is -0.490 e. The van der Waals surface area contributed by atoms with E-state index in [1.54, 1.807) is 0 Å². The molecule has 2 nitrogen and oxygen atoms in total. The van der Waals surface area contributed by atoms with Crippen LogP contribution in [-0.4, -0.2) is 11.1 Å². The summed E-state index contributed by atoms with van der Waals surface area (Å²) >= 11 is 6.23. The minimum absolute atomic E-state index is 0.225. The molecule has 0 aliphatic rings. The van der Waals surface area contributed by atoms with Gasteiger partial charge in [-0.3, -0.25) is 4.98 Å². The van der Waals surface area contributed by atoms with Gasteiger partial charge < -0.3 is 4.74 Å². The summed E-state index contributed by atoms with van der Waals surface area (Å²) in [6, 6.07) is 12.4. The van der Waals surface area contributed by atoms with E-state index in [2.05, 4.69) is 45.9 Å². The van der Waals surface area contributed by atoms with Crippen molar-refractivity contribution in [2.24, 2.45) is 0 Å². The third-order valence-electron chi connectivity index (χ3n) is 4.90. The fraction of sp³-hybridized carbons (Fsp3) is 0.348. The second-order valence-electron chi connectivity index (χ2n) is 6.93. The molecule has 0 radical (unpaired) electrons. The summed E-state index contributed by atoms with van der Waals surface area (Å²) in [6.45, 7) is 10.6. The van der Waals surface area contributed by atoms with Crippen LogP contribution in [0, 0.1) is 20.8 Å². The lowest BCUT2D eigenvalue weighted by molar-refractivity contribution is 0.195. The van der Waals surface area contributed by atoms with Gasteiger partial charge in [0.15, 0.2) is 0 Å². The topological polar surface area (TPSA) is 22.1 Å². The van der Waals surface area contributed by atoms with E-state index in [0.29, 0.717) is 0 Å². The quantitative estimate of drug-likeness (QED) is 0.482. The standard InChI is InChI=1S/C23H26ClNO/c1-6-18(7-2)26-21-13-16(5)25-23-19(21)9-8-10-20(23)22-14(3)11-17(24)12-15(22)4/h8-13,18H,6-7H2,1-5H3. The van der Waals surface area contributed by atoms with E-state index in [0.717, 1.165) is 56.9 Å². The summed E-state index contributed by atoms with van der Waals surface area (Å²) in [6.07, 6.45) is 2.21. The van der Waals surface area contributed by atoms with Crippen molar-refractivity contribution in [3.05, 3.63) is 58.2 Å². The van der Waals surface area contributed by atoms with E-state index < -0.39 is 0 Å². The van der Waals surface area contributed by atoms with Gasteiger partial charge in [-0.25, -0.2) is 0 Å². The highest BCUT2D eigenvalue weighted by Gasteiger charge is 2.16. The highest BCUT2D eigenvalue weighted by Crippen LogP contribution is 2.37. The van der Waals surface area contributed by atoms with Gasteiger partial charge in [0, 0.05) is 27.7 Å². The highest BCUT2D eigenvalue weighted by atomic mass is 35.5. The van der Waals surface area contributed by atoms with Crippen molar-refractivity contribution in [1.29, 1.82) is 0 Å². The number of aromatic nitrogens is 1. The number of ether oxygens (including phenoxy) is 1. The zero-order valence-corrected chi connectivity index (χ0v) is 16.9. The molecule has 136 valence electrons. The summed E-state index contributed by atoms with van der Waals surface area (Å²) in [7, 11) is 0. The van der Waals surface area contributed by atoms with Gasteiger partial charge in [-0.2, -0.15) is 0 Å². The Morgan fingerprint density at radius 3 is 2.27 bits per heavy atom. The average molecular weight is 368 g/mol. The molecule has 0 spiro atoms. The number of rotatable bonds is 5. The molecule has 0 saturated carbocycles. The Kier molecular flexibility index (Phi) is 5.52. The molecule has 0 aliphatic heterocycles. The van der Waals surface area contributed by atoms with Crippen LogP contribution in [0.1, 0.15) is 43.5 Å². The molecule has 0 bridgehead atoms.